The highest BCUT2D eigenvalue weighted by Crippen LogP contribution is 2.28. The molecule has 172 valence electrons. The molecule has 1 fully saturated rings. The quantitative estimate of drug-likeness (QED) is 0.345. The summed E-state index contributed by atoms with van der Waals surface area (Å²) in [6.07, 6.45) is 5.44. The Hall–Kier alpha value is -3.21. The lowest BCUT2D eigenvalue weighted by molar-refractivity contribution is -0.119. The molecule has 0 aliphatic heterocycles. The van der Waals surface area contributed by atoms with E-state index in [-0.39, 0.29) is 39.9 Å². The number of thioether (sulfide) groups is 1. The molecule has 1 aromatic heterocycles. The number of ether oxygens (including phenoxy) is 2. The van der Waals surface area contributed by atoms with Gasteiger partial charge in [0.2, 0.25) is 5.91 Å². The van der Waals surface area contributed by atoms with Crippen LogP contribution in [0.3, 0.4) is 0 Å². The lowest BCUT2D eigenvalue weighted by Crippen LogP contribution is -2.37. The number of nitrogens with two attached hydrogens (primary N) is 1. The zero-order valence-corrected chi connectivity index (χ0v) is 18.8. The highest BCUT2D eigenvalue weighted by molar-refractivity contribution is 7.99. The van der Waals surface area contributed by atoms with Gasteiger partial charge in [0, 0.05) is 11.6 Å². The number of hydrogen-bond acceptors (Lipinski definition) is 8. The van der Waals surface area contributed by atoms with Gasteiger partial charge in [-0.15, -0.1) is 0 Å². The summed E-state index contributed by atoms with van der Waals surface area (Å²) in [5, 5.41) is 5.68. The van der Waals surface area contributed by atoms with E-state index in [1.807, 2.05) is 0 Å². The third kappa shape index (κ3) is 5.94. The Balaban J connectivity index is 1.63. The highest BCUT2D eigenvalue weighted by atomic mass is 32.2. The number of methoxy groups -OCH3 is 2. The maximum Gasteiger partial charge on any atom is 0.277 e. The first kappa shape index (κ1) is 23.5. The van der Waals surface area contributed by atoms with Gasteiger partial charge in [0.1, 0.15) is 5.69 Å². The molecule has 0 radical (unpaired) electrons. The van der Waals surface area contributed by atoms with E-state index >= 15 is 0 Å². The molecule has 32 heavy (non-hydrogen) atoms. The summed E-state index contributed by atoms with van der Waals surface area (Å²) in [4.78, 5) is 43.9. The Morgan fingerprint density at radius 2 is 1.91 bits per heavy atom. The van der Waals surface area contributed by atoms with Crippen LogP contribution in [0.2, 0.25) is 0 Å². The smallest absolute Gasteiger partial charge is 0.277 e. The number of nitrogens with one attached hydrogen (secondary N) is 3. The fourth-order valence-electron chi connectivity index (χ4n) is 3.47. The fourth-order valence-corrected chi connectivity index (χ4v) is 4.15. The molecule has 1 heterocycles. The molecule has 2 amide bonds. The standard InChI is InChI=1S/C21H27N5O5S/c1-30-14-9-8-12(10-15(14)31-2)19(28)24-17-18(22)25-21(26-20(17)29)32-11-16(27)23-13-6-4-3-5-7-13/h8-10,13H,3-7,11H2,1-2H3,(H,23,27)(H,24,28)(H3,22,25,26,29). The van der Waals surface area contributed by atoms with E-state index in [1.165, 1.54) is 32.8 Å². The predicted octanol–water partition coefficient (Wildman–Crippen LogP) is 2.16. The molecule has 10 nitrogen and oxygen atoms in total. The topological polar surface area (TPSA) is 148 Å². The van der Waals surface area contributed by atoms with Crippen molar-refractivity contribution in [3.05, 3.63) is 34.1 Å². The lowest BCUT2D eigenvalue weighted by atomic mass is 9.95. The molecule has 1 saturated carbocycles. The normalized spacial score (nSPS) is 13.9. The van der Waals surface area contributed by atoms with Gasteiger partial charge in [0.05, 0.1) is 20.0 Å². The van der Waals surface area contributed by atoms with E-state index in [2.05, 4.69) is 20.6 Å². The van der Waals surface area contributed by atoms with E-state index in [0.717, 1.165) is 37.4 Å². The maximum absolute atomic E-state index is 12.6. The first-order chi connectivity index (χ1) is 15.4. The van der Waals surface area contributed by atoms with Gasteiger partial charge >= 0.3 is 0 Å². The molecule has 1 aromatic carbocycles. The number of anilines is 2. The molecule has 0 spiro atoms. The van der Waals surface area contributed by atoms with Crippen LogP contribution in [-0.2, 0) is 4.79 Å². The zero-order chi connectivity index (χ0) is 23.1. The number of rotatable bonds is 8. The lowest BCUT2D eigenvalue weighted by Gasteiger charge is -2.22. The fraction of sp³-hybridized carbons (Fsp3) is 0.429. The minimum Gasteiger partial charge on any atom is -0.493 e. The van der Waals surface area contributed by atoms with Crippen molar-refractivity contribution >= 4 is 35.1 Å². The summed E-state index contributed by atoms with van der Waals surface area (Å²) in [7, 11) is 2.95. The average molecular weight is 462 g/mol. The van der Waals surface area contributed by atoms with Crippen LogP contribution in [0, 0.1) is 0 Å². The molecular weight excluding hydrogens is 434 g/mol. The summed E-state index contributed by atoms with van der Waals surface area (Å²) in [5.74, 6) is 0.135. The first-order valence-electron chi connectivity index (χ1n) is 10.3. The number of benzene rings is 1. The molecular formula is C21H27N5O5S. The number of amides is 2. The Morgan fingerprint density at radius 3 is 2.56 bits per heavy atom. The Morgan fingerprint density at radius 1 is 1.19 bits per heavy atom. The van der Waals surface area contributed by atoms with Crippen molar-refractivity contribution in [2.75, 3.05) is 31.0 Å². The van der Waals surface area contributed by atoms with E-state index < -0.39 is 11.5 Å². The van der Waals surface area contributed by atoms with Crippen LogP contribution in [-0.4, -0.2) is 47.8 Å². The van der Waals surface area contributed by atoms with Gasteiger partial charge < -0.3 is 25.8 Å². The van der Waals surface area contributed by atoms with Crippen molar-refractivity contribution < 1.29 is 19.1 Å². The van der Waals surface area contributed by atoms with Crippen LogP contribution in [0.15, 0.2) is 28.2 Å². The third-order valence-corrected chi connectivity index (χ3v) is 5.99. The van der Waals surface area contributed by atoms with Gasteiger partial charge in [-0.25, -0.2) is 4.98 Å². The second-order valence-electron chi connectivity index (χ2n) is 7.35. The first-order valence-corrected chi connectivity index (χ1v) is 11.2. The van der Waals surface area contributed by atoms with Gasteiger partial charge in [-0.05, 0) is 31.0 Å². The van der Waals surface area contributed by atoms with Gasteiger partial charge in [-0.1, -0.05) is 31.0 Å². The van der Waals surface area contributed by atoms with Crippen molar-refractivity contribution in [3.8, 4) is 11.5 Å². The third-order valence-electron chi connectivity index (χ3n) is 5.12. The van der Waals surface area contributed by atoms with Gasteiger partial charge in [-0.2, -0.15) is 0 Å². The number of hydrogen-bond donors (Lipinski definition) is 4. The molecule has 1 aliphatic carbocycles. The SMILES string of the molecule is COc1ccc(C(=O)Nc2c(N)nc(SCC(=O)NC3CCCCC3)[nH]c2=O)cc1OC. The predicted molar refractivity (Wildman–Crippen MR) is 123 cm³/mol. The van der Waals surface area contributed by atoms with E-state index in [9.17, 15) is 14.4 Å². The van der Waals surface area contributed by atoms with E-state index in [1.54, 1.807) is 6.07 Å². The number of nitrogens with zero attached hydrogens (tertiary/aromatic N) is 1. The summed E-state index contributed by atoms with van der Waals surface area (Å²) in [6, 6.07) is 4.81. The molecule has 5 N–H and O–H groups in total. The second-order valence-corrected chi connectivity index (χ2v) is 8.31. The maximum atomic E-state index is 12.6. The molecule has 0 saturated heterocycles. The number of carbonyl (C=O) groups is 2. The van der Waals surface area contributed by atoms with Crippen molar-refractivity contribution in [2.45, 2.75) is 43.3 Å². The number of H-pyrrole nitrogens is 1. The average Bonchev–Trinajstić information content (AvgIpc) is 2.80. The van der Waals surface area contributed by atoms with Crippen LogP contribution in [0.25, 0.3) is 0 Å². The summed E-state index contributed by atoms with van der Waals surface area (Å²) >= 11 is 1.08. The summed E-state index contributed by atoms with van der Waals surface area (Å²) in [5.41, 5.74) is 5.38. The van der Waals surface area contributed by atoms with Gasteiger partial charge in [0.25, 0.3) is 11.5 Å². The molecule has 0 unspecified atom stereocenters. The number of aromatic amines is 1. The van der Waals surface area contributed by atoms with Crippen molar-refractivity contribution in [3.63, 3.8) is 0 Å². The van der Waals surface area contributed by atoms with E-state index in [0.29, 0.717) is 11.5 Å². The van der Waals surface area contributed by atoms with Crippen LogP contribution in [0.4, 0.5) is 11.5 Å². The second kappa shape index (κ2) is 10.9. The number of carbonyl (C=O) groups excluding carboxylic acids is 2. The Labute approximate surface area is 189 Å². The number of aromatic nitrogens is 2. The summed E-state index contributed by atoms with van der Waals surface area (Å²) in [6.45, 7) is 0. The monoisotopic (exact) mass is 461 g/mol. The van der Waals surface area contributed by atoms with Crippen LogP contribution in [0.5, 0.6) is 11.5 Å². The minimum absolute atomic E-state index is 0.107. The van der Waals surface area contributed by atoms with Crippen LogP contribution < -0.4 is 31.4 Å². The molecule has 2 aromatic rings. The number of nitrogen functional groups attached to an aromatic ring is 1. The van der Waals surface area contributed by atoms with Crippen LogP contribution in [0.1, 0.15) is 42.5 Å². The van der Waals surface area contributed by atoms with Gasteiger partial charge in [0.15, 0.2) is 22.5 Å². The van der Waals surface area contributed by atoms with Gasteiger partial charge in [-0.3, -0.25) is 19.4 Å². The summed E-state index contributed by atoms with van der Waals surface area (Å²) < 4.78 is 10.3. The van der Waals surface area contributed by atoms with Crippen molar-refractivity contribution in [1.82, 2.24) is 15.3 Å². The van der Waals surface area contributed by atoms with Crippen molar-refractivity contribution in [2.24, 2.45) is 0 Å². The minimum atomic E-state index is -0.610. The molecule has 0 atom stereocenters. The van der Waals surface area contributed by atoms with Crippen molar-refractivity contribution in [1.29, 1.82) is 0 Å². The molecule has 0 bridgehead atoms. The zero-order valence-electron chi connectivity index (χ0n) is 18.0. The molecule has 11 heteroatoms. The van der Waals surface area contributed by atoms with E-state index in [4.69, 9.17) is 15.2 Å². The largest absolute Gasteiger partial charge is 0.493 e. The highest BCUT2D eigenvalue weighted by Gasteiger charge is 2.18. The Bertz CT molecular complexity index is 1040. The van der Waals surface area contributed by atoms with Crippen LogP contribution >= 0.6 is 11.8 Å². The Kier molecular flexibility index (Phi) is 7.98. The molecule has 3 rings (SSSR count). The molecule has 1 aliphatic rings.